The molecule has 2 atom stereocenters. The predicted molar refractivity (Wildman–Crippen MR) is 129 cm³/mol. The first-order chi connectivity index (χ1) is 15.6. The summed E-state index contributed by atoms with van der Waals surface area (Å²) in [6.45, 7) is 11.0. The van der Waals surface area contributed by atoms with Crippen LogP contribution in [0.4, 0.5) is 0 Å². The molecule has 0 bridgehead atoms. The van der Waals surface area contributed by atoms with E-state index in [2.05, 4.69) is 27.7 Å². The van der Waals surface area contributed by atoms with E-state index in [-0.39, 0.29) is 22.9 Å². The van der Waals surface area contributed by atoms with Crippen LogP contribution in [0.25, 0.3) is 5.76 Å². The maximum atomic E-state index is 13.2. The lowest BCUT2D eigenvalue weighted by molar-refractivity contribution is -0.139. The fraction of sp³-hybridized carbons (Fsp3) is 0.429. The van der Waals surface area contributed by atoms with Crippen molar-refractivity contribution in [1.29, 1.82) is 0 Å². The Hall–Kier alpha value is -3.08. The van der Waals surface area contributed by atoms with Gasteiger partial charge in [-0.25, -0.2) is 0 Å². The van der Waals surface area contributed by atoms with Gasteiger partial charge in [0.25, 0.3) is 11.7 Å². The lowest BCUT2D eigenvalue weighted by atomic mass is 9.85. The molecular formula is C28H33NO4. The maximum absolute atomic E-state index is 13.2. The van der Waals surface area contributed by atoms with Gasteiger partial charge < -0.3 is 14.7 Å². The highest BCUT2D eigenvalue weighted by molar-refractivity contribution is 6.46. The average Bonchev–Trinajstić information content (AvgIpc) is 3.27. The van der Waals surface area contributed by atoms with Gasteiger partial charge in [-0.2, -0.15) is 0 Å². The summed E-state index contributed by atoms with van der Waals surface area (Å²) in [6.07, 6.45) is 2.52. The molecule has 2 aromatic rings. The van der Waals surface area contributed by atoms with Crippen molar-refractivity contribution in [2.45, 2.75) is 71.4 Å². The number of unbranched alkanes of at least 4 members (excludes halogenated alkanes) is 1. The molecule has 1 amide bonds. The van der Waals surface area contributed by atoms with Gasteiger partial charge in [0.1, 0.15) is 17.6 Å². The molecule has 0 saturated carbocycles. The number of likely N-dealkylation sites (tertiary alicyclic amines) is 1. The summed E-state index contributed by atoms with van der Waals surface area (Å²) in [7, 11) is 0. The number of aliphatic hydroxyl groups excluding tert-OH is 1. The molecule has 5 nitrogen and oxygen atoms in total. The first-order valence-electron chi connectivity index (χ1n) is 11.8. The molecule has 2 aliphatic rings. The molecule has 1 N–H and O–H groups in total. The molecule has 2 heterocycles. The van der Waals surface area contributed by atoms with Crippen LogP contribution in [0.5, 0.6) is 5.75 Å². The number of hydrogen-bond donors (Lipinski definition) is 1. The summed E-state index contributed by atoms with van der Waals surface area (Å²) in [5.41, 5.74) is 3.69. The number of ketones is 1. The lowest BCUT2D eigenvalue weighted by Gasteiger charge is -2.26. The van der Waals surface area contributed by atoms with Crippen LogP contribution in [0.3, 0.4) is 0 Å². The number of amides is 1. The maximum Gasteiger partial charge on any atom is 0.295 e. The SMILES string of the molecule is CCCCN1C(=O)C(=O)/C(=C(\O)c2ccc3c(c2)CC(C)O3)C1c1ccc(C(C)(C)C)cc1. The van der Waals surface area contributed by atoms with E-state index in [0.717, 1.165) is 36.1 Å². The monoisotopic (exact) mass is 447 g/mol. The Morgan fingerprint density at radius 2 is 1.82 bits per heavy atom. The van der Waals surface area contributed by atoms with Crippen molar-refractivity contribution >= 4 is 17.4 Å². The average molecular weight is 448 g/mol. The molecular weight excluding hydrogens is 414 g/mol. The topological polar surface area (TPSA) is 66.8 Å². The molecule has 0 radical (unpaired) electrons. The number of ether oxygens (including phenoxy) is 1. The fourth-order valence-corrected chi connectivity index (χ4v) is 4.68. The van der Waals surface area contributed by atoms with E-state index >= 15 is 0 Å². The minimum absolute atomic E-state index is 0.00776. The number of hydrogen-bond acceptors (Lipinski definition) is 4. The van der Waals surface area contributed by atoms with Gasteiger partial charge in [-0.05, 0) is 53.6 Å². The fourth-order valence-electron chi connectivity index (χ4n) is 4.68. The molecule has 5 heteroatoms. The van der Waals surface area contributed by atoms with Crippen LogP contribution >= 0.6 is 0 Å². The predicted octanol–water partition coefficient (Wildman–Crippen LogP) is 5.53. The van der Waals surface area contributed by atoms with Crippen molar-refractivity contribution in [1.82, 2.24) is 4.90 Å². The Morgan fingerprint density at radius 1 is 1.12 bits per heavy atom. The number of nitrogens with zero attached hydrogens (tertiary/aromatic N) is 1. The first kappa shape index (κ1) is 23.1. The Balaban J connectivity index is 1.81. The summed E-state index contributed by atoms with van der Waals surface area (Å²) in [6, 6.07) is 12.9. The first-order valence-corrected chi connectivity index (χ1v) is 11.8. The third kappa shape index (κ3) is 4.29. The molecule has 0 aliphatic carbocycles. The molecule has 1 fully saturated rings. The minimum Gasteiger partial charge on any atom is -0.507 e. The minimum atomic E-state index is -0.626. The number of benzene rings is 2. The van der Waals surface area contributed by atoms with Crippen LogP contribution in [0.1, 0.15) is 75.8 Å². The van der Waals surface area contributed by atoms with E-state index < -0.39 is 17.7 Å². The van der Waals surface area contributed by atoms with Gasteiger partial charge in [0.2, 0.25) is 0 Å². The zero-order chi connectivity index (χ0) is 23.9. The van der Waals surface area contributed by atoms with Crippen molar-refractivity contribution < 1.29 is 19.4 Å². The second kappa shape index (κ2) is 8.69. The number of fused-ring (bicyclic) bond motifs is 1. The smallest absolute Gasteiger partial charge is 0.295 e. The highest BCUT2D eigenvalue weighted by Crippen LogP contribution is 2.41. The van der Waals surface area contributed by atoms with Crippen molar-refractivity contribution in [3.63, 3.8) is 0 Å². The molecule has 33 heavy (non-hydrogen) atoms. The van der Waals surface area contributed by atoms with Gasteiger partial charge in [0, 0.05) is 18.5 Å². The molecule has 2 aromatic carbocycles. The largest absolute Gasteiger partial charge is 0.507 e. The second-order valence-electron chi connectivity index (χ2n) is 10.2. The van der Waals surface area contributed by atoms with E-state index in [4.69, 9.17) is 4.74 Å². The lowest BCUT2D eigenvalue weighted by Crippen LogP contribution is -2.30. The Labute approximate surface area is 196 Å². The standard InChI is InChI=1S/C28H33NO4/c1-6-7-14-29-24(18-8-11-21(12-9-18)28(3,4)5)23(26(31)27(29)32)25(30)19-10-13-22-20(16-19)15-17(2)33-22/h8-13,16-17,24,30H,6-7,14-15H2,1-5H3/b25-23-. The zero-order valence-electron chi connectivity index (χ0n) is 20.1. The summed E-state index contributed by atoms with van der Waals surface area (Å²) in [5.74, 6) is -0.497. The van der Waals surface area contributed by atoms with E-state index in [1.54, 1.807) is 11.0 Å². The Morgan fingerprint density at radius 3 is 2.45 bits per heavy atom. The van der Waals surface area contributed by atoms with Crippen molar-refractivity contribution in [3.8, 4) is 5.75 Å². The Kier molecular flexibility index (Phi) is 6.08. The quantitative estimate of drug-likeness (QED) is 0.372. The number of Topliss-reactive ketones (excluding diaryl/α,β-unsaturated/α-hetero) is 1. The number of rotatable bonds is 5. The molecule has 2 unspecified atom stereocenters. The third-order valence-electron chi connectivity index (χ3n) is 6.55. The number of carbonyl (C=O) groups excluding carboxylic acids is 2. The molecule has 0 aromatic heterocycles. The third-order valence-corrected chi connectivity index (χ3v) is 6.55. The van der Waals surface area contributed by atoms with Gasteiger partial charge in [-0.15, -0.1) is 0 Å². The van der Waals surface area contributed by atoms with Gasteiger partial charge >= 0.3 is 0 Å². The van der Waals surface area contributed by atoms with Gasteiger partial charge in [0.15, 0.2) is 0 Å². The van der Waals surface area contributed by atoms with E-state index in [1.807, 2.05) is 43.3 Å². The zero-order valence-corrected chi connectivity index (χ0v) is 20.1. The van der Waals surface area contributed by atoms with Crippen molar-refractivity contribution in [2.75, 3.05) is 6.54 Å². The summed E-state index contributed by atoms with van der Waals surface area (Å²) < 4.78 is 5.77. The molecule has 4 rings (SSSR count). The highest BCUT2D eigenvalue weighted by Gasteiger charge is 2.45. The van der Waals surface area contributed by atoms with Gasteiger partial charge in [0.05, 0.1) is 11.6 Å². The second-order valence-corrected chi connectivity index (χ2v) is 10.2. The van der Waals surface area contributed by atoms with Crippen LogP contribution in [0.2, 0.25) is 0 Å². The van der Waals surface area contributed by atoms with Crippen LogP contribution in [-0.2, 0) is 21.4 Å². The van der Waals surface area contributed by atoms with Gasteiger partial charge in [-0.1, -0.05) is 58.4 Å². The van der Waals surface area contributed by atoms with Crippen LogP contribution < -0.4 is 4.74 Å². The normalized spacial score (nSPS) is 21.9. The van der Waals surface area contributed by atoms with E-state index in [9.17, 15) is 14.7 Å². The molecule has 2 aliphatic heterocycles. The van der Waals surface area contributed by atoms with Gasteiger partial charge in [-0.3, -0.25) is 9.59 Å². The summed E-state index contributed by atoms with van der Waals surface area (Å²) in [5, 5.41) is 11.3. The molecule has 0 spiro atoms. The Bertz CT molecular complexity index is 1110. The summed E-state index contributed by atoms with van der Waals surface area (Å²) in [4.78, 5) is 27.8. The summed E-state index contributed by atoms with van der Waals surface area (Å²) >= 11 is 0. The number of aliphatic hydroxyl groups is 1. The molecule has 1 saturated heterocycles. The highest BCUT2D eigenvalue weighted by atomic mass is 16.5. The van der Waals surface area contributed by atoms with Crippen molar-refractivity contribution in [2.24, 2.45) is 0 Å². The van der Waals surface area contributed by atoms with Crippen LogP contribution in [0.15, 0.2) is 48.0 Å². The van der Waals surface area contributed by atoms with Crippen LogP contribution in [0, 0.1) is 0 Å². The number of carbonyl (C=O) groups is 2. The van der Waals surface area contributed by atoms with Crippen molar-refractivity contribution in [3.05, 3.63) is 70.3 Å². The molecule has 174 valence electrons. The van der Waals surface area contributed by atoms with Crippen LogP contribution in [-0.4, -0.2) is 34.3 Å². The van der Waals surface area contributed by atoms with E-state index in [0.29, 0.717) is 12.1 Å². The van der Waals surface area contributed by atoms with E-state index in [1.165, 1.54) is 5.56 Å².